The number of ether oxygens (including phenoxy) is 1. The second-order valence-electron chi connectivity index (χ2n) is 5.19. The molecule has 1 fully saturated rings. The number of amides is 1. The number of halogens is 1. The zero-order valence-corrected chi connectivity index (χ0v) is 11.9. The molecule has 0 aliphatic heterocycles. The lowest BCUT2D eigenvalue weighted by atomic mass is 10.2. The van der Waals surface area contributed by atoms with Crippen molar-refractivity contribution in [3.8, 4) is 5.75 Å². The molecule has 114 valence electrons. The Kier molecular flexibility index (Phi) is 4.18. The lowest BCUT2D eigenvalue weighted by molar-refractivity contribution is -0.111. The smallest absolute Gasteiger partial charge is 0.248 e. The molecule has 0 bridgehead atoms. The summed E-state index contributed by atoms with van der Waals surface area (Å²) in [4.78, 5) is 18.8. The van der Waals surface area contributed by atoms with Crippen molar-refractivity contribution < 1.29 is 13.9 Å². The van der Waals surface area contributed by atoms with Crippen molar-refractivity contribution in [2.75, 3.05) is 11.9 Å². The van der Waals surface area contributed by atoms with E-state index in [9.17, 15) is 9.18 Å². The van der Waals surface area contributed by atoms with Crippen LogP contribution >= 0.6 is 0 Å². The van der Waals surface area contributed by atoms with Gasteiger partial charge in [0.1, 0.15) is 17.4 Å². The van der Waals surface area contributed by atoms with Gasteiger partial charge in [-0.2, -0.15) is 0 Å². The Morgan fingerprint density at radius 1 is 1.50 bits per heavy atom. The number of aromatic nitrogens is 2. The van der Waals surface area contributed by atoms with E-state index >= 15 is 0 Å². The SMILES string of the molecule is O=C(/C=C/c1ncc[nH]1)Nc1ccc(F)cc1OCC1CC1. The fourth-order valence-corrected chi connectivity index (χ4v) is 1.91. The lowest BCUT2D eigenvalue weighted by Gasteiger charge is -2.11. The molecule has 5 nitrogen and oxygen atoms in total. The van der Waals surface area contributed by atoms with Crippen LogP contribution < -0.4 is 10.1 Å². The maximum Gasteiger partial charge on any atom is 0.248 e. The van der Waals surface area contributed by atoms with E-state index in [1.165, 1.54) is 24.3 Å². The average molecular weight is 301 g/mol. The number of carbonyl (C=O) groups is 1. The molecule has 0 atom stereocenters. The van der Waals surface area contributed by atoms with Crippen LogP contribution in [0.5, 0.6) is 5.75 Å². The molecule has 1 aliphatic carbocycles. The van der Waals surface area contributed by atoms with Gasteiger partial charge in [0.2, 0.25) is 5.91 Å². The predicted octanol–water partition coefficient (Wildman–Crippen LogP) is 2.99. The average Bonchev–Trinajstić information content (AvgIpc) is 3.19. The normalized spacial score (nSPS) is 14.2. The maximum absolute atomic E-state index is 13.3. The van der Waals surface area contributed by atoms with Crippen LogP contribution in [0.2, 0.25) is 0 Å². The number of benzene rings is 1. The van der Waals surface area contributed by atoms with Crippen molar-refractivity contribution in [1.29, 1.82) is 0 Å². The van der Waals surface area contributed by atoms with E-state index in [2.05, 4.69) is 15.3 Å². The number of aromatic amines is 1. The number of anilines is 1. The van der Waals surface area contributed by atoms with Gasteiger partial charge in [-0.3, -0.25) is 4.79 Å². The fraction of sp³-hybridized carbons (Fsp3) is 0.250. The van der Waals surface area contributed by atoms with Crippen LogP contribution in [0.3, 0.4) is 0 Å². The Labute approximate surface area is 127 Å². The number of H-pyrrole nitrogens is 1. The van der Waals surface area contributed by atoms with Crippen molar-refractivity contribution in [2.45, 2.75) is 12.8 Å². The molecule has 1 aromatic heterocycles. The van der Waals surface area contributed by atoms with Gasteiger partial charge < -0.3 is 15.0 Å². The summed E-state index contributed by atoms with van der Waals surface area (Å²) in [5.74, 6) is 0.756. The van der Waals surface area contributed by atoms with Crippen LogP contribution in [0.25, 0.3) is 6.08 Å². The summed E-state index contributed by atoms with van der Waals surface area (Å²) < 4.78 is 18.9. The second kappa shape index (κ2) is 6.43. The van der Waals surface area contributed by atoms with E-state index < -0.39 is 5.82 Å². The molecule has 0 radical (unpaired) electrons. The van der Waals surface area contributed by atoms with Crippen molar-refractivity contribution in [3.63, 3.8) is 0 Å². The van der Waals surface area contributed by atoms with Gasteiger partial charge in [-0.1, -0.05) is 0 Å². The van der Waals surface area contributed by atoms with Crippen molar-refractivity contribution in [2.24, 2.45) is 5.92 Å². The summed E-state index contributed by atoms with van der Waals surface area (Å²) in [6.45, 7) is 0.550. The highest BCUT2D eigenvalue weighted by Crippen LogP contribution is 2.32. The first kappa shape index (κ1) is 14.3. The minimum Gasteiger partial charge on any atom is -0.491 e. The van der Waals surface area contributed by atoms with Crippen LogP contribution in [-0.2, 0) is 4.79 Å². The number of carbonyl (C=O) groups excluding carboxylic acids is 1. The van der Waals surface area contributed by atoms with Crippen molar-refractivity contribution in [3.05, 3.63) is 48.3 Å². The van der Waals surface area contributed by atoms with E-state index in [-0.39, 0.29) is 5.91 Å². The summed E-state index contributed by atoms with van der Waals surface area (Å²) in [5.41, 5.74) is 0.455. The Morgan fingerprint density at radius 2 is 2.36 bits per heavy atom. The highest BCUT2D eigenvalue weighted by Gasteiger charge is 2.22. The number of rotatable bonds is 6. The molecule has 0 saturated heterocycles. The van der Waals surface area contributed by atoms with Gasteiger partial charge in [0, 0.05) is 24.5 Å². The van der Waals surface area contributed by atoms with Gasteiger partial charge in [0.25, 0.3) is 0 Å². The molecular formula is C16H16FN3O2. The Bertz CT molecular complexity index is 679. The highest BCUT2D eigenvalue weighted by atomic mass is 19.1. The quantitative estimate of drug-likeness (QED) is 0.806. The van der Waals surface area contributed by atoms with Gasteiger partial charge in [0.05, 0.1) is 12.3 Å². The molecule has 6 heteroatoms. The van der Waals surface area contributed by atoms with Crippen LogP contribution in [0, 0.1) is 11.7 Å². The van der Waals surface area contributed by atoms with Crippen molar-refractivity contribution >= 4 is 17.7 Å². The number of nitrogens with zero attached hydrogens (tertiary/aromatic N) is 1. The highest BCUT2D eigenvalue weighted by molar-refractivity contribution is 6.02. The fourth-order valence-electron chi connectivity index (χ4n) is 1.91. The predicted molar refractivity (Wildman–Crippen MR) is 80.9 cm³/mol. The third kappa shape index (κ3) is 3.94. The Morgan fingerprint density at radius 3 is 3.09 bits per heavy atom. The lowest BCUT2D eigenvalue weighted by Crippen LogP contribution is -2.10. The summed E-state index contributed by atoms with van der Waals surface area (Å²) >= 11 is 0. The number of imidazole rings is 1. The standard InChI is InChI=1S/C16H16FN3O2/c17-12-3-4-13(14(9-12)22-10-11-1-2-11)20-16(21)6-5-15-18-7-8-19-15/h3-9,11H,1-2,10H2,(H,18,19)(H,20,21)/b6-5+. The molecule has 1 aromatic carbocycles. The molecule has 0 spiro atoms. The number of hydrogen-bond donors (Lipinski definition) is 2. The third-order valence-corrected chi connectivity index (χ3v) is 3.28. The molecule has 1 amide bonds. The minimum absolute atomic E-state index is 0.334. The first-order valence-corrected chi connectivity index (χ1v) is 7.11. The molecular weight excluding hydrogens is 285 g/mol. The van der Waals surface area contributed by atoms with Crippen LogP contribution in [0.4, 0.5) is 10.1 Å². The largest absolute Gasteiger partial charge is 0.491 e. The number of hydrogen-bond acceptors (Lipinski definition) is 3. The van der Waals surface area contributed by atoms with E-state index in [1.807, 2.05) is 0 Å². The third-order valence-electron chi connectivity index (χ3n) is 3.28. The van der Waals surface area contributed by atoms with Gasteiger partial charge in [-0.25, -0.2) is 9.37 Å². The van der Waals surface area contributed by atoms with Crippen LogP contribution in [-0.4, -0.2) is 22.5 Å². The summed E-state index contributed by atoms with van der Waals surface area (Å²) in [6, 6.07) is 4.07. The first-order chi connectivity index (χ1) is 10.7. The Balaban J connectivity index is 1.66. The molecule has 2 aromatic rings. The monoisotopic (exact) mass is 301 g/mol. The van der Waals surface area contributed by atoms with E-state index in [0.717, 1.165) is 12.8 Å². The molecule has 3 rings (SSSR count). The topological polar surface area (TPSA) is 67.0 Å². The Hall–Kier alpha value is -2.63. The summed E-state index contributed by atoms with van der Waals surface area (Å²) in [5, 5.41) is 2.69. The summed E-state index contributed by atoms with van der Waals surface area (Å²) in [6.07, 6.45) is 8.46. The maximum atomic E-state index is 13.3. The zero-order chi connectivity index (χ0) is 15.4. The van der Waals surface area contributed by atoms with E-state index in [4.69, 9.17) is 4.74 Å². The van der Waals surface area contributed by atoms with Gasteiger partial charge in [0.15, 0.2) is 0 Å². The van der Waals surface area contributed by atoms with Crippen LogP contribution in [0.1, 0.15) is 18.7 Å². The molecule has 0 unspecified atom stereocenters. The zero-order valence-electron chi connectivity index (χ0n) is 11.9. The molecule has 1 saturated carbocycles. The van der Waals surface area contributed by atoms with Crippen molar-refractivity contribution in [1.82, 2.24) is 9.97 Å². The number of nitrogens with one attached hydrogen (secondary N) is 2. The second-order valence-corrected chi connectivity index (χ2v) is 5.19. The van der Waals surface area contributed by atoms with E-state index in [0.29, 0.717) is 29.8 Å². The molecule has 2 N–H and O–H groups in total. The molecule has 1 heterocycles. The minimum atomic E-state index is -0.394. The molecule has 1 aliphatic rings. The van der Waals surface area contributed by atoms with Gasteiger partial charge in [-0.15, -0.1) is 0 Å². The van der Waals surface area contributed by atoms with E-state index in [1.54, 1.807) is 18.5 Å². The first-order valence-electron chi connectivity index (χ1n) is 7.11. The summed E-state index contributed by atoms with van der Waals surface area (Å²) in [7, 11) is 0. The van der Waals surface area contributed by atoms with Gasteiger partial charge >= 0.3 is 0 Å². The van der Waals surface area contributed by atoms with Crippen LogP contribution in [0.15, 0.2) is 36.7 Å². The molecule has 22 heavy (non-hydrogen) atoms. The van der Waals surface area contributed by atoms with Gasteiger partial charge in [-0.05, 0) is 37.0 Å².